The number of halogens is 4. The Kier molecular flexibility index (Phi) is 3.76. The Morgan fingerprint density at radius 2 is 1.65 bits per heavy atom. The second kappa shape index (κ2) is 5.12. The molecule has 0 saturated heterocycles. The van der Waals surface area contributed by atoms with E-state index in [9.17, 15) is 8.78 Å². The maximum Gasteiger partial charge on any atom is 0.227 e. The van der Waals surface area contributed by atoms with Crippen molar-refractivity contribution < 1.29 is 8.78 Å². The molecule has 0 saturated carbocycles. The van der Waals surface area contributed by atoms with Gasteiger partial charge in [0.25, 0.3) is 0 Å². The van der Waals surface area contributed by atoms with Crippen molar-refractivity contribution in [3.05, 3.63) is 40.4 Å². The Morgan fingerprint density at radius 1 is 1.00 bits per heavy atom. The number of benzene rings is 1. The second-order valence-electron chi connectivity index (χ2n) is 2.83. The third-order valence-corrected chi connectivity index (χ3v) is 2.91. The van der Waals surface area contributed by atoms with Crippen molar-refractivity contribution in [3.63, 3.8) is 0 Å². The van der Waals surface area contributed by atoms with Gasteiger partial charge in [-0.25, -0.2) is 8.78 Å². The highest BCUT2D eigenvalue weighted by atomic mass is 35.5. The van der Waals surface area contributed by atoms with Crippen molar-refractivity contribution in [2.24, 2.45) is 0 Å². The molecular weight excluding hydrogens is 291 g/mol. The van der Waals surface area contributed by atoms with Crippen LogP contribution in [-0.2, 0) is 0 Å². The lowest BCUT2D eigenvalue weighted by Crippen LogP contribution is -1.92. The lowest BCUT2D eigenvalue weighted by Gasteiger charge is -2.02. The van der Waals surface area contributed by atoms with E-state index in [1.54, 1.807) is 0 Å². The highest BCUT2D eigenvalue weighted by Gasteiger charge is 2.09. The van der Waals surface area contributed by atoms with Gasteiger partial charge < -0.3 is 0 Å². The largest absolute Gasteiger partial charge is 0.227 e. The van der Waals surface area contributed by atoms with Crippen LogP contribution in [0.25, 0.3) is 0 Å². The van der Waals surface area contributed by atoms with Gasteiger partial charge in [-0.2, -0.15) is 15.0 Å². The quantitative estimate of drug-likeness (QED) is 0.848. The number of hydrogen-bond acceptors (Lipinski definition) is 4. The van der Waals surface area contributed by atoms with Crippen LogP contribution >= 0.6 is 35.0 Å². The SMILES string of the molecule is Fc1ccc(Sc2nc(Cl)nc(Cl)n2)c(F)c1. The molecule has 8 heteroatoms. The fourth-order valence-corrected chi connectivity index (χ4v) is 2.23. The van der Waals surface area contributed by atoms with Crippen molar-refractivity contribution in [1.82, 2.24) is 15.0 Å². The summed E-state index contributed by atoms with van der Waals surface area (Å²) in [5.74, 6) is -1.36. The molecule has 1 aromatic heterocycles. The molecule has 1 aromatic carbocycles. The molecule has 0 N–H and O–H groups in total. The monoisotopic (exact) mass is 293 g/mol. The van der Waals surface area contributed by atoms with Crippen LogP contribution in [0, 0.1) is 11.6 Å². The Bertz CT molecular complexity index is 548. The number of rotatable bonds is 2. The van der Waals surface area contributed by atoms with Gasteiger partial charge in [0, 0.05) is 6.07 Å². The van der Waals surface area contributed by atoms with E-state index in [0.29, 0.717) is 0 Å². The third kappa shape index (κ3) is 3.24. The van der Waals surface area contributed by atoms with Gasteiger partial charge in [0.05, 0.1) is 4.90 Å². The summed E-state index contributed by atoms with van der Waals surface area (Å²) < 4.78 is 26.0. The Balaban J connectivity index is 2.31. The molecule has 2 aromatic rings. The van der Waals surface area contributed by atoms with Gasteiger partial charge in [-0.1, -0.05) is 0 Å². The Hall–Kier alpha value is -0.980. The molecule has 0 atom stereocenters. The van der Waals surface area contributed by atoms with Gasteiger partial charge in [-0.3, -0.25) is 0 Å². The number of aromatic nitrogens is 3. The predicted octanol–water partition coefficient (Wildman–Crippen LogP) is 3.61. The Labute approximate surface area is 109 Å². The van der Waals surface area contributed by atoms with Gasteiger partial charge >= 0.3 is 0 Å². The standard InChI is InChI=1S/C9H3Cl2F2N3S/c10-7-14-8(11)16-9(15-7)17-6-2-1-4(12)3-5(6)13/h1-3H. The zero-order valence-corrected chi connectivity index (χ0v) is 10.3. The van der Waals surface area contributed by atoms with E-state index in [0.717, 1.165) is 23.9 Å². The predicted molar refractivity (Wildman–Crippen MR) is 60.3 cm³/mol. The van der Waals surface area contributed by atoms with Crippen LogP contribution in [0.2, 0.25) is 10.6 Å². The molecule has 17 heavy (non-hydrogen) atoms. The lowest BCUT2D eigenvalue weighted by molar-refractivity contribution is 0.565. The molecule has 0 bridgehead atoms. The summed E-state index contributed by atoms with van der Waals surface area (Å²) in [5, 5.41) is -0.0365. The average Bonchev–Trinajstić information content (AvgIpc) is 2.21. The van der Waals surface area contributed by atoms with Crippen molar-refractivity contribution in [2.75, 3.05) is 0 Å². The first kappa shape index (κ1) is 12.5. The van der Waals surface area contributed by atoms with Gasteiger partial charge in [0.15, 0.2) is 5.16 Å². The van der Waals surface area contributed by atoms with E-state index >= 15 is 0 Å². The molecule has 0 amide bonds. The van der Waals surface area contributed by atoms with Crippen LogP contribution in [0.1, 0.15) is 0 Å². The molecule has 0 fully saturated rings. The van der Waals surface area contributed by atoms with E-state index in [4.69, 9.17) is 23.2 Å². The van der Waals surface area contributed by atoms with E-state index < -0.39 is 11.6 Å². The maximum absolute atomic E-state index is 13.3. The summed E-state index contributed by atoms with van der Waals surface area (Å²) in [7, 11) is 0. The highest BCUT2D eigenvalue weighted by molar-refractivity contribution is 7.99. The van der Waals surface area contributed by atoms with Gasteiger partial charge in [-0.05, 0) is 47.1 Å². The summed E-state index contributed by atoms with van der Waals surface area (Å²) in [5.41, 5.74) is 0. The van der Waals surface area contributed by atoms with Crippen LogP contribution in [-0.4, -0.2) is 15.0 Å². The first-order valence-electron chi connectivity index (χ1n) is 4.24. The minimum Gasteiger partial charge on any atom is -0.207 e. The van der Waals surface area contributed by atoms with Gasteiger partial charge in [0.1, 0.15) is 11.6 Å². The second-order valence-corrected chi connectivity index (χ2v) is 4.52. The summed E-state index contributed by atoms with van der Waals surface area (Å²) in [4.78, 5) is 11.2. The lowest BCUT2D eigenvalue weighted by atomic mass is 10.3. The maximum atomic E-state index is 13.3. The molecule has 0 unspecified atom stereocenters. The van der Waals surface area contributed by atoms with Gasteiger partial charge in [-0.15, -0.1) is 0 Å². The first-order chi connectivity index (χ1) is 8.04. The summed E-state index contributed by atoms with van der Waals surface area (Å²) in [6.07, 6.45) is 0. The van der Waals surface area contributed by atoms with E-state index in [1.165, 1.54) is 6.07 Å². The molecular formula is C9H3Cl2F2N3S. The normalized spacial score (nSPS) is 10.6. The Morgan fingerprint density at radius 3 is 2.24 bits per heavy atom. The fraction of sp³-hybridized carbons (Fsp3) is 0. The molecule has 0 aliphatic heterocycles. The molecule has 88 valence electrons. The minimum absolute atomic E-state index is 0.0879. The number of hydrogen-bond donors (Lipinski definition) is 0. The first-order valence-corrected chi connectivity index (χ1v) is 5.82. The third-order valence-electron chi connectivity index (χ3n) is 1.66. The zero-order chi connectivity index (χ0) is 12.4. The van der Waals surface area contributed by atoms with Crippen molar-refractivity contribution >= 4 is 35.0 Å². The summed E-state index contributed by atoms with van der Waals surface area (Å²) >= 11 is 12.0. The molecule has 3 nitrogen and oxygen atoms in total. The van der Waals surface area contributed by atoms with Crippen molar-refractivity contribution in [3.8, 4) is 0 Å². The topological polar surface area (TPSA) is 38.7 Å². The van der Waals surface area contributed by atoms with Crippen molar-refractivity contribution in [2.45, 2.75) is 10.1 Å². The number of nitrogens with zero attached hydrogens (tertiary/aromatic N) is 3. The van der Waals surface area contributed by atoms with E-state index in [-0.39, 0.29) is 20.6 Å². The molecule has 1 heterocycles. The zero-order valence-electron chi connectivity index (χ0n) is 7.99. The smallest absolute Gasteiger partial charge is 0.207 e. The highest BCUT2D eigenvalue weighted by Crippen LogP contribution is 2.28. The van der Waals surface area contributed by atoms with Crippen LogP contribution < -0.4 is 0 Å². The molecule has 2 rings (SSSR count). The van der Waals surface area contributed by atoms with Crippen LogP contribution in [0.5, 0.6) is 0 Å². The van der Waals surface area contributed by atoms with E-state index in [2.05, 4.69) is 15.0 Å². The molecule has 0 aliphatic carbocycles. The van der Waals surface area contributed by atoms with Crippen molar-refractivity contribution in [1.29, 1.82) is 0 Å². The minimum atomic E-state index is -0.706. The van der Waals surface area contributed by atoms with E-state index in [1.807, 2.05) is 0 Å². The van der Waals surface area contributed by atoms with Crippen LogP contribution in [0.3, 0.4) is 0 Å². The summed E-state index contributed by atoms with van der Waals surface area (Å²) in [6.45, 7) is 0. The summed E-state index contributed by atoms with van der Waals surface area (Å²) in [6, 6.07) is 3.18. The molecule has 0 radical (unpaired) electrons. The molecule has 0 spiro atoms. The van der Waals surface area contributed by atoms with Crippen LogP contribution in [0.15, 0.2) is 28.3 Å². The average molecular weight is 294 g/mol. The van der Waals surface area contributed by atoms with Crippen LogP contribution in [0.4, 0.5) is 8.78 Å². The fourth-order valence-electron chi connectivity index (χ4n) is 1.01. The molecule has 0 aliphatic rings. The van der Waals surface area contributed by atoms with Gasteiger partial charge in [0.2, 0.25) is 10.6 Å².